The van der Waals surface area contributed by atoms with Gasteiger partial charge in [-0.2, -0.15) is 0 Å². The highest BCUT2D eigenvalue weighted by atomic mass is 32.2. The predicted molar refractivity (Wildman–Crippen MR) is 54.0 cm³/mol. The lowest BCUT2D eigenvalue weighted by molar-refractivity contribution is 0.429. The molecule has 2 aromatic rings. The van der Waals surface area contributed by atoms with Gasteiger partial charge in [-0.3, -0.25) is 0 Å². The third-order valence-corrected chi connectivity index (χ3v) is 2.55. The standard InChI is InChI=1S/C9H8FN3OS/c1-5-12-13-9(14-5)15-8-3-2-6(11)4-7(8)10/h2-4H,11H2,1H3. The maximum Gasteiger partial charge on any atom is 0.281 e. The fourth-order valence-corrected chi connectivity index (χ4v) is 1.74. The van der Waals surface area contributed by atoms with Crippen LogP contribution in [0.25, 0.3) is 0 Å². The van der Waals surface area contributed by atoms with Gasteiger partial charge in [0.15, 0.2) is 0 Å². The number of nitrogens with zero attached hydrogens (tertiary/aromatic N) is 2. The number of rotatable bonds is 2. The molecule has 0 bridgehead atoms. The first-order valence-electron chi connectivity index (χ1n) is 4.18. The molecule has 0 aliphatic rings. The predicted octanol–water partition coefficient (Wildman–Crippen LogP) is 2.25. The van der Waals surface area contributed by atoms with E-state index in [-0.39, 0.29) is 0 Å². The third kappa shape index (κ3) is 2.27. The van der Waals surface area contributed by atoms with E-state index in [2.05, 4.69) is 10.2 Å². The first-order chi connectivity index (χ1) is 7.15. The Bertz CT molecular complexity index is 486. The van der Waals surface area contributed by atoms with E-state index in [1.807, 2.05) is 0 Å². The normalized spacial score (nSPS) is 10.5. The van der Waals surface area contributed by atoms with Crippen molar-refractivity contribution < 1.29 is 8.81 Å². The molecule has 0 spiro atoms. The van der Waals surface area contributed by atoms with Gasteiger partial charge in [0.05, 0.1) is 4.90 Å². The Labute approximate surface area is 89.7 Å². The van der Waals surface area contributed by atoms with Gasteiger partial charge in [0.25, 0.3) is 5.22 Å². The zero-order chi connectivity index (χ0) is 10.8. The second kappa shape index (κ2) is 3.90. The first-order valence-corrected chi connectivity index (χ1v) is 5.00. The largest absolute Gasteiger partial charge is 0.416 e. The molecule has 0 radical (unpaired) electrons. The lowest BCUT2D eigenvalue weighted by Crippen LogP contribution is -1.87. The molecule has 1 aromatic heterocycles. The minimum absolute atomic E-state index is 0.316. The van der Waals surface area contributed by atoms with E-state index in [9.17, 15) is 4.39 Å². The molecule has 0 fully saturated rings. The van der Waals surface area contributed by atoms with Crippen LogP contribution in [0.2, 0.25) is 0 Å². The highest BCUT2D eigenvalue weighted by Gasteiger charge is 2.09. The number of nitrogens with two attached hydrogens (primary N) is 1. The summed E-state index contributed by atoms with van der Waals surface area (Å²) in [7, 11) is 0. The van der Waals surface area contributed by atoms with Crippen molar-refractivity contribution in [1.82, 2.24) is 10.2 Å². The maximum atomic E-state index is 13.4. The minimum Gasteiger partial charge on any atom is -0.416 e. The van der Waals surface area contributed by atoms with Crippen molar-refractivity contribution in [2.75, 3.05) is 5.73 Å². The molecule has 0 amide bonds. The Kier molecular flexibility index (Phi) is 2.59. The SMILES string of the molecule is Cc1nnc(Sc2ccc(N)cc2F)o1. The van der Waals surface area contributed by atoms with Crippen LogP contribution in [0, 0.1) is 12.7 Å². The molecule has 1 heterocycles. The molecule has 0 saturated heterocycles. The Morgan fingerprint density at radius 1 is 1.40 bits per heavy atom. The zero-order valence-electron chi connectivity index (χ0n) is 7.90. The monoisotopic (exact) mass is 225 g/mol. The number of hydrogen-bond donors (Lipinski definition) is 1. The van der Waals surface area contributed by atoms with Crippen molar-refractivity contribution in [3.05, 3.63) is 29.9 Å². The van der Waals surface area contributed by atoms with E-state index in [4.69, 9.17) is 10.2 Å². The van der Waals surface area contributed by atoms with Gasteiger partial charge in [-0.05, 0) is 30.0 Å². The van der Waals surface area contributed by atoms with Crippen LogP contribution in [0.3, 0.4) is 0 Å². The molecule has 0 saturated carbocycles. The van der Waals surface area contributed by atoms with Gasteiger partial charge >= 0.3 is 0 Å². The molecule has 0 unspecified atom stereocenters. The molecule has 4 nitrogen and oxygen atoms in total. The second-order valence-corrected chi connectivity index (χ2v) is 3.87. The highest BCUT2D eigenvalue weighted by Crippen LogP contribution is 2.29. The summed E-state index contributed by atoms with van der Waals surface area (Å²) in [5, 5.41) is 7.71. The number of halogens is 1. The molecule has 2 rings (SSSR count). The number of benzene rings is 1. The van der Waals surface area contributed by atoms with Gasteiger partial charge < -0.3 is 10.2 Å². The van der Waals surface area contributed by atoms with Crippen molar-refractivity contribution in [1.29, 1.82) is 0 Å². The fraction of sp³-hybridized carbons (Fsp3) is 0.111. The van der Waals surface area contributed by atoms with Gasteiger partial charge in [0.2, 0.25) is 5.89 Å². The van der Waals surface area contributed by atoms with E-state index in [1.54, 1.807) is 19.1 Å². The van der Waals surface area contributed by atoms with Crippen molar-refractivity contribution in [2.24, 2.45) is 0 Å². The van der Waals surface area contributed by atoms with Crippen molar-refractivity contribution >= 4 is 17.4 Å². The number of nitrogen functional groups attached to an aromatic ring is 1. The molecule has 2 N–H and O–H groups in total. The second-order valence-electron chi connectivity index (χ2n) is 2.88. The van der Waals surface area contributed by atoms with Gasteiger partial charge in [-0.25, -0.2) is 4.39 Å². The average Bonchev–Trinajstić information content (AvgIpc) is 2.56. The number of anilines is 1. The van der Waals surface area contributed by atoms with Crippen LogP contribution in [0.4, 0.5) is 10.1 Å². The summed E-state index contributed by atoms with van der Waals surface area (Å²) in [5.74, 6) is 0.0595. The third-order valence-electron chi connectivity index (χ3n) is 1.66. The van der Waals surface area contributed by atoms with E-state index in [1.165, 1.54) is 6.07 Å². The molecule has 78 valence electrons. The fourth-order valence-electron chi connectivity index (χ4n) is 1.01. The van der Waals surface area contributed by atoms with Crippen LogP contribution < -0.4 is 5.73 Å². The Balaban J connectivity index is 2.24. The molecule has 0 aliphatic heterocycles. The van der Waals surface area contributed by atoms with Crippen LogP contribution in [0.15, 0.2) is 32.7 Å². The van der Waals surface area contributed by atoms with Crippen LogP contribution in [0.5, 0.6) is 0 Å². The summed E-state index contributed by atoms with van der Waals surface area (Å²) >= 11 is 1.07. The van der Waals surface area contributed by atoms with E-state index < -0.39 is 5.82 Å². The van der Waals surface area contributed by atoms with Crippen molar-refractivity contribution in [3.63, 3.8) is 0 Å². The van der Waals surface area contributed by atoms with Crippen LogP contribution in [0.1, 0.15) is 5.89 Å². The average molecular weight is 225 g/mol. The van der Waals surface area contributed by atoms with Crippen molar-refractivity contribution in [3.8, 4) is 0 Å². The zero-order valence-corrected chi connectivity index (χ0v) is 8.71. The Morgan fingerprint density at radius 2 is 2.20 bits per heavy atom. The lowest BCUT2D eigenvalue weighted by atomic mass is 10.3. The first kappa shape index (κ1) is 9.97. The summed E-state index contributed by atoms with van der Waals surface area (Å²) in [6, 6.07) is 4.45. The molecule has 0 atom stereocenters. The summed E-state index contributed by atoms with van der Waals surface area (Å²) < 4.78 is 18.5. The summed E-state index contributed by atoms with van der Waals surface area (Å²) in [5.41, 5.74) is 5.81. The van der Waals surface area contributed by atoms with Gasteiger partial charge in [0, 0.05) is 12.6 Å². The topological polar surface area (TPSA) is 64.9 Å². The quantitative estimate of drug-likeness (QED) is 0.794. The number of aromatic nitrogens is 2. The number of hydrogen-bond acceptors (Lipinski definition) is 5. The van der Waals surface area contributed by atoms with Crippen LogP contribution >= 0.6 is 11.8 Å². The van der Waals surface area contributed by atoms with Crippen molar-refractivity contribution in [2.45, 2.75) is 17.0 Å². The lowest BCUT2D eigenvalue weighted by Gasteiger charge is -1.99. The Hall–Kier alpha value is -1.56. The van der Waals surface area contributed by atoms with E-state index >= 15 is 0 Å². The van der Waals surface area contributed by atoms with Crippen LogP contribution in [-0.2, 0) is 0 Å². The molecular weight excluding hydrogens is 217 g/mol. The van der Waals surface area contributed by atoms with Gasteiger partial charge in [-0.15, -0.1) is 10.2 Å². The highest BCUT2D eigenvalue weighted by molar-refractivity contribution is 7.99. The molecule has 0 aliphatic carbocycles. The molecule has 1 aromatic carbocycles. The Morgan fingerprint density at radius 3 is 2.80 bits per heavy atom. The number of aryl methyl sites for hydroxylation is 1. The van der Waals surface area contributed by atoms with E-state index in [0.717, 1.165) is 11.8 Å². The summed E-state index contributed by atoms with van der Waals surface area (Å²) in [4.78, 5) is 0.410. The smallest absolute Gasteiger partial charge is 0.281 e. The minimum atomic E-state index is -0.393. The summed E-state index contributed by atoms with van der Waals surface area (Å²) in [6.07, 6.45) is 0. The van der Waals surface area contributed by atoms with Gasteiger partial charge in [0.1, 0.15) is 5.82 Å². The van der Waals surface area contributed by atoms with E-state index in [0.29, 0.717) is 21.7 Å². The maximum absolute atomic E-state index is 13.4. The molecular formula is C9H8FN3OS. The molecule has 6 heteroatoms. The van der Waals surface area contributed by atoms with Gasteiger partial charge in [-0.1, -0.05) is 0 Å². The van der Waals surface area contributed by atoms with Crippen LogP contribution in [-0.4, -0.2) is 10.2 Å². The summed E-state index contributed by atoms with van der Waals surface area (Å²) in [6.45, 7) is 1.68. The molecule has 15 heavy (non-hydrogen) atoms.